The fourth-order valence-electron chi connectivity index (χ4n) is 2.26. The molecule has 84 valence electrons. The summed E-state index contributed by atoms with van der Waals surface area (Å²) in [6, 6.07) is 0. The molecule has 0 radical (unpaired) electrons. The number of carbonyl (C=O) groups excluding carboxylic acids is 1. The predicted octanol–water partition coefficient (Wildman–Crippen LogP) is 2.26. The van der Waals surface area contributed by atoms with Crippen molar-refractivity contribution in [3.8, 4) is 0 Å². The number of nitrogens with two attached hydrogens (primary N) is 1. The second-order valence-corrected chi connectivity index (χ2v) is 4.22. The zero-order valence-corrected chi connectivity index (χ0v) is 9.33. The second-order valence-electron chi connectivity index (χ2n) is 4.22. The number of rotatable bonds is 5. The van der Waals surface area contributed by atoms with Gasteiger partial charge in [-0.05, 0) is 31.6 Å². The highest BCUT2D eigenvalue weighted by atomic mass is 16.1. The van der Waals surface area contributed by atoms with Gasteiger partial charge in [-0.15, -0.1) is 0 Å². The first-order valence-corrected chi connectivity index (χ1v) is 5.65. The van der Waals surface area contributed by atoms with Gasteiger partial charge in [0.25, 0.3) is 0 Å². The summed E-state index contributed by atoms with van der Waals surface area (Å²) >= 11 is 0. The first kappa shape index (κ1) is 12.0. The van der Waals surface area contributed by atoms with Crippen LogP contribution in [-0.2, 0) is 4.79 Å². The molecule has 2 atom stereocenters. The lowest BCUT2D eigenvalue weighted by atomic mass is 9.89. The Labute approximate surface area is 91.2 Å². The largest absolute Gasteiger partial charge is 0.370 e. The number of nitrogens with one attached hydrogen (secondary N) is 1. The molecule has 15 heavy (non-hydrogen) atoms. The molecule has 1 amide bonds. The molecule has 1 aliphatic carbocycles. The van der Waals surface area contributed by atoms with Crippen molar-refractivity contribution < 1.29 is 4.79 Å². The molecule has 0 aromatic rings. The first-order chi connectivity index (χ1) is 7.15. The van der Waals surface area contributed by atoms with Gasteiger partial charge in [0.05, 0.1) is 0 Å². The van der Waals surface area contributed by atoms with Gasteiger partial charge in [0.1, 0.15) is 0 Å². The summed E-state index contributed by atoms with van der Waals surface area (Å²) in [5.41, 5.74) is 6.00. The van der Waals surface area contributed by atoms with Gasteiger partial charge < -0.3 is 11.1 Å². The van der Waals surface area contributed by atoms with Crippen LogP contribution in [0.1, 0.15) is 39.0 Å². The van der Waals surface area contributed by atoms with Gasteiger partial charge in [0.15, 0.2) is 0 Å². The van der Waals surface area contributed by atoms with Crippen LogP contribution in [0.2, 0.25) is 0 Å². The highest BCUT2D eigenvalue weighted by Crippen LogP contribution is 2.34. The summed E-state index contributed by atoms with van der Waals surface area (Å²) in [7, 11) is 0. The van der Waals surface area contributed by atoms with Crippen molar-refractivity contribution in [1.82, 2.24) is 0 Å². The molecule has 0 heterocycles. The van der Waals surface area contributed by atoms with E-state index in [0.717, 1.165) is 31.4 Å². The molecule has 1 rings (SSSR count). The molecule has 1 aliphatic rings. The van der Waals surface area contributed by atoms with Crippen LogP contribution in [0.3, 0.4) is 0 Å². The Kier molecular flexibility index (Phi) is 4.53. The van der Waals surface area contributed by atoms with E-state index in [9.17, 15) is 4.79 Å². The molecule has 0 aromatic carbocycles. The van der Waals surface area contributed by atoms with E-state index in [0.29, 0.717) is 12.3 Å². The molecule has 3 N–H and O–H groups in total. The predicted molar refractivity (Wildman–Crippen MR) is 61.8 cm³/mol. The molecule has 3 heteroatoms. The number of hydrogen-bond acceptors (Lipinski definition) is 2. The zero-order chi connectivity index (χ0) is 11.3. The number of allylic oxidation sites excluding steroid dienone is 2. The van der Waals surface area contributed by atoms with Gasteiger partial charge in [-0.1, -0.05) is 19.1 Å². The quantitative estimate of drug-likeness (QED) is 0.669. The van der Waals surface area contributed by atoms with E-state index >= 15 is 0 Å². The van der Waals surface area contributed by atoms with E-state index in [1.165, 1.54) is 0 Å². The lowest BCUT2D eigenvalue weighted by molar-refractivity contribution is -0.119. The Morgan fingerprint density at radius 1 is 1.60 bits per heavy atom. The minimum absolute atomic E-state index is 0.237. The maximum absolute atomic E-state index is 10.9. The SMILES string of the molecule is CC/C=C\C[C@H]1C(=N)CC[C@@H]1CC(N)=O. The Morgan fingerprint density at radius 2 is 2.33 bits per heavy atom. The standard InChI is InChI=1S/C12H20N2O/c1-2-3-4-5-10-9(8-12(14)15)6-7-11(10)13/h3-4,9-10,13H,2,5-8H2,1H3,(H2,14,15)/b4-3-,13-11?/t9-,10-/m1/s1. The van der Waals surface area contributed by atoms with E-state index in [-0.39, 0.29) is 11.8 Å². The summed E-state index contributed by atoms with van der Waals surface area (Å²) < 4.78 is 0. The Bertz CT molecular complexity index is 271. The summed E-state index contributed by atoms with van der Waals surface area (Å²) in [4.78, 5) is 10.9. The second kappa shape index (κ2) is 5.69. The molecule has 0 aliphatic heterocycles. The van der Waals surface area contributed by atoms with Gasteiger partial charge in [0.2, 0.25) is 5.91 Å². The van der Waals surface area contributed by atoms with Gasteiger partial charge >= 0.3 is 0 Å². The molecule has 0 spiro atoms. The fraction of sp³-hybridized carbons (Fsp3) is 0.667. The van der Waals surface area contributed by atoms with Crippen molar-refractivity contribution in [2.24, 2.45) is 17.6 Å². The van der Waals surface area contributed by atoms with Crippen molar-refractivity contribution in [2.45, 2.75) is 39.0 Å². The van der Waals surface area contributed by atoms with Crippen LogP contribution in [0.25, 0.3) is 0 Å². The van der Waals surface area contributed by atoms with Crippen LogP contribution < -0.4 is 5.73 Å². The van der Waals surface area contributed by atoms with E-state index < -0.39 is 0 Å². The van der Waals surface area contributed by atoms with Gasteiger partial charge in [-0.2, -0.15) is 0 Å². The van der Waals surface area contributed by atoms with Crippen LogP contribution in [0.5, 0.6) is 0 Å². The Hall–Kier alpha value is -1.12. The monoisotopic (exact) mass is 208 g/mol. The van der Waals surface area contributed by atoms with E-state index in [2.05, 4.69) is 19.1 Å². The number of hydrogen-bond donors (Lipinski definition) is 2. The smallest absolute Gasteiger partial charge is 0.217 e. The zero-order valence-electron chi connectivity index (χ0n) is 9.33. The third-order valence-corrected chi connectivity index (χ3v) is 3.06. The first-order valence-electron chi connectivity index (χ1n) is 5.65. The van der Waals surface area contributed by atoms with E-state index in [4.69, 9.17) is 11.1 Å². The molecule has 3 nitrogen and oxygen atoms in total. The van der Waals surface area contributed by atoms with Gasteiger partial charge in [-0.3, -0.25) is 4.79 Å². The van der Waals surface area contributed by atoms with E-state index in [1.807, 2.05) is 0 Å². The number of primary amides is 1. The molecular formula is C12H20N2O. The van der Waals surface area contributed by atoms with Crippen molar-refractivity contribution in [3.05, 3.63) is 12.2 Å². The van der Waals surface area contributed by atoms with E-state index in [1.54, 1.807) is 0 Å². The summed E-state index contributed by atoms with van der Waals surface area (Å²) in [6.45, 7) is 2.09. The Balaban J connectivity index is 2.52. The summed E-state index contributed by atoms with van der Waals surface area (Å²) in [6.07, 6.45) is 8.39. The topological polar surface area (TPSA) is 66.9 Å². The van der Waals surface area contributed by atoms with Crippen molar-refractivity contribution >= 4 is 11.6 Å². The molecule has 0 bridgehead atoms. The van der Waals surface area contributed by atoms with Crippen LogP contribution in [0, 0.1) is 17.2 Å². The lowest BCUT2D eigenvalue weighted by Gasteiger charge is -2.16. The normalized spacial score (nSPS) is 26.3. The van der Waals surface area contributed by atoms with Crippen LogP contribution in [-0.4, -0.2) is 11.6 Å². The molecule has 1 fully saturated rings. The van der Waals surface area contributed by atoms with Crippen LogP contribution in [0.4, 0.5) is 0 Å². The number of carbonyl (C=O) groups is 1. The maximum atomic E-state index is 10.9. The average molecular weight is 208 g/mol. The highest BCUT2D eigenvalue weighted by Gasteiger charge is 2.31. The molecule has 0 aromatic heterocycles. The molecular weight excluding hydrogens is 188 g/mol. The maximum Gasteiger partial charge on any atom is 0.217 e. The van der Waals surface area contributed by atoms with Gasteiger partial charge in [-0.25, -0.2) is 0 Å². The summed E-state index contributed by atoms with van der Waals surface area (Å²) in [5, 5.41) is 7.83. The van der Waals surface area contributed by atoms with Gasteiger partial charge in [0, 0.05) is 18.1 Å². The van der Waals surface area contributed by atoms with Crippen molar-refractivity contribution in [1.29, 1.82) is 5.41 Å². The molecule has 1 saturated carbocycles. The minimum Gasteiger partial charge on any atom is -0.370 e. The average Bonchev–Trinajstić information content (AvgIpc) is 2.49. The third kappa shape index (κ3) is 3.50. The lowest BCUT2D eigenvalue weighted by Crippen LogP contribution is -2.21. The van der Waals surface area contributed by atoms with Crippen molar-refractivity contribution in [3.63, 3.8) is 0 Å². The molecule has 0 saturated heterocycles. The number of amides is 1. The third-order valence-electron chi connectivity index (χ3n) is 3.06. The van der Waals surface area contributed by atoms with Crippen molar-refractivity contribution in [2.75, 3.05) is 0 Å². The highest BCUT2D eigenvalue weighted by molar-refractivity contribution is 5.87. The van der Waals surface area contributed by atoms with Crippen LogP contribution >= 0.6 is 0 Å². The summed E-state index contributed by atoms with van der Waals surface area (Å²) in [5.74, 6) is 0.316. The van der Waals surface area contributed by atoms with Crippen LogP contribution in [0.15, 0.2) is 12.2 Å². The minimum atomic E-state index is -0.237. The fourth-order valence-corrected chi connectivity index (χ4v) is 2.26. The molecule has 0 unspecified atom stereocenters. The Morgan fingerprint density at radius 3 is 2.93 bits per heavy atom.